The maximum atomic E-state index is 12.6. The van der Waals surface area contributed by atoms with Gasteiger partial charge in [-0.05, 0) is 28.6 Å². The van der Waals surface area contributed by atoms with E-state index in [1.54, 1.807) is 5.10 Å². The van der Waals surface area contributed by atoms with Gasteiger partial charge in [-0.15, -0.1) is 0 Å². The molecule has 20 heavy (non-hydrogen) atoms. The van der Waals surface area contributed by atoms with Gasteiger partial charge >= 0.3 is 18.0 Å². The maximum absolute atomic E-state index is 12.6. The Morgan fingerprint density at radius 1 is 0.950 bits per heavy atom. The molecule has 1 N–H and O–H groups in total. The van der Waals surface area contributed by atoms with Gasteiger partial charge in [0.25, 0.3) is 0 Å². The van der Waals surface area contributed by atoms with Gasteiger partial charge in [0.2, 0.25) is 0 Å². The van der Waals surface area contributed by atoms with Gasteiger partial charge in [-0.2, -0.15) is 31.0 Å². The third-order valence-corrected chi connectivity index (χ3v) is 2.29. The van der Waals surface area contributed by atoms with E-state index in [4.69, 9.17) is 0 Å². The zero-order chi connectivity index (χ0) is 15.1. The predicted molar refractivity (Wildman–Crippen MR) is 52.0 cm³/mol. The molecule has 108 valence electrons. The molecule has 0 unspecified atom stereocenters. The van der Waals surface area contributed by atoms with E-state index < -0.39 is 34.9 Å². The number of nitrogens with zero attached hydrogens (tertiary/aromatic N) is 3. The number of aromatic amines is 1. The number of aromatic nitrogens is 4. The van der Waals surface area contributed by atoms with Gasteiger partial charge in [0, 0.05) is 0 Å². The summed E-state index contributed by atoms with van der Waals surface area (Å²) in [5, 5.41) is 7.86. The van der Waals surface area contributed by atoms with E-state index in [9.17, 15) is 31.1 Å². The Hall–Kier alpha value is -2.33. The van der Waals surface area contributed by atoms with E-state index in [1.165, 1.54) is 0 Å². The first-order valence-corrected chi connectivity index (χ1v) is 4.89. The van der Waals surface area contributed by atoms with Crippen LogP contribution in [0.4, 0.5) is 26.3 Å². The number of hydrogen-bond acceptors (Lipinski definition) is 3. The molecule has 1 heterocycles. The van der Waals surface area contributed by atoms with Gasteiger partial charge in [-0.25, -0.2) is 9.89 Å². The summed E-state index contributed by atoms with van der Waals surface area (Å²) in [5.41, 5.74) is -4.84. The Bertz CT molecular complexity index is 650. The van der Waals surface area contributed by atoms with Gasteiger partial charge in [-0.3, -0.25) is 0 Å². The Balaban J connectivity index is 2.70. The van der Waals surface area contributed by atoms with Gasteiger partial charge < -0.3 is 0 Å². The fourth-order valence-corrected chi connectivity index (χ4v) is 1.43. The van der Waals surface area contributed by atoms with Crippen molar-refractivity contribution in [3.05, 3.63) is 39.8 Å². The van der Waals surface area contributed by atoms with Crippen molar-refractivity contribution in [2.75, 3.05) is 0 Å². The highest BCUT2D eigenvalue weighted by atomic mass is 19.4. The van der Waals surface area contributed by atoms with Crippen LogP contribution in [0.3, 0.4) is 0 Å². The second kappa shape index (κ2) is 4.35. The van der Waals surface area contributed by atoms with Crippen LogP contribution in [0.15, 0.2) is 23.0 Å². The molecule has 0 aliphatic carbocycles. The van der Waals surface area contributed by atoms with Crippen LogP contribution in [0.2, 0.25) is 0 Å². The first-order chi connectivity index (χ1) is 9.09. The smallest absolute Gasteiger partial charge is 0.244 e. The van der Waals surface area contributed by atoms with E-state index in [0.29, 0.717) is 16.8 Å². The van der Waals surface area contributed by atoms with Crippen LogP contribution >= 0.6 is 0 Å². The molecule has 0 bridgehead atoms. The summed E-state index contributed by atoms with van der Waals surface area (Å²) in [6.45, 7) is 0. The summed E-state index contributed by atoms with van der Waals surface area (Å²) in [6.07, 6.45) is -9.99. The number of rotatable bonds is 1. The fraction of sp³-hybridized carbons (Fsp3) is 0.222. The molecular weight excluding hydrogens is 294 g/mol. The highest BCUT2D eigenvalue weighted by Gasteiger charge is 2.37. The van der Waals surface area contributed by atoms with Crippen molar-refractivity contribution in [1.29, 1.82) is 0 Å². The molecule has 2 rings (SSSR count). The van der Waals surface area contributed by atoms with Crippen LogP contribution in [0, 0.1) is 0 Å². The van der Waals surface area contributed by atoms with Crippen molar-refractivity contribution in [2.24, 2.45) is 0 Å². The first kappa shape index (κ1) is 14.1. The second-order valence-electron chi connectivity index (χ2n) is 3.68. The average molecular weight is 298 g/mol. The lowest BCUT2D eigenvalue weighted by molar-refractivity contribution is -0.143. The third-order valence-electron chi connectivity index (χ3n) is 2.29. The molecule has 1 aromatic carbocycles. The number of benzene rings is 1. The summed E-state index contributed by atoms with van der Waals surface area (Å²) < 4.78 is 75.8. The second-order valence-corrected chi connectivity index (χ2v) is 3.68. The Morgan fingerprint density at radius 2 is 1.45 bits per heavy atom. The van der Waals surface area contributed by atoms with Crippen LogP contribution in [0.5, 0.6) is 0 Å². The Kier molecular flexibility index (Phi) is 3.07. The summed E-state index contributed by atoms with van der Waals surface area (Å²) in [5.74, 6) is 0. The largest absolute Gasteiger partial charge is 0.416 e. The Labute approximate surface area is 105 Å². The number of hydrogen-bond donors (Lipinski definition) is 1. The summed E-state index contributed by atoms with van der Waals surface area (Å²) in [7, 11) is 0. The molecule has 0 aliphatic rings. The number of tetrazole rings is 1. The number of H-pyrrole nitrogens is 1. The molecule has 0 saturated heterocycles. The standard InChI is InChI=1S/C9H4F6N4O/c10-8(11,12)4-1-5(9(13,14)15)3-6(2-4)19-7(20)16-17-18-19/h1-3H,(H,16,18,20). The highest BCUT2D eigenvalue weighted by Crippen LogP contribution is 2.36. The molecule has 0 saturated carbocycles. The third kappa shape index (κ3) is 2.65. The van der Waals surface area contributed by atoms with Crippen LogP contribution < -0.4 is 5.69 Å². The topological polar surface area (TPSA) is 63.6 Å². The number of nitrogens with one attached hydrogen (secondary N) is 1. The molecule has 0 radical (unpaired) electrons. The minimum Gasteiger partial charge on any atom is -0.244 e. The van der Waals surface area contributed by atoms with Crippen molar-refractivity contribution in [2.45, 2.75) is 12.4 Å². The Morgan fingerprint density at radius 3 is 1.80 bits per heavy atom. The molecule has 1 aromatic heterocycles. The highest BCUT2D eigenvalue weighted by molar-refractivity contribution is 5.41. The lowest BCUT2D eigenvalue weighted by atomic mass is 10.1. The van der Waals surface area contributed by atoms with Crippen LogP contribution in [0.25, 0.3) is 5.69 Å². The summed E-state index contributed by atoms with van der Waals surface area (Å²) in [6, 6.07) is 0.701. The van der Waals surface area contributed by atoms with Gasteiger partial charge in [-0.1, -0.05) is 0 Å². The zero-order valence-electron chi connectivity index (χ0n) is 9.25. The fourth-order valence-electron chi connectivity index (χ4n) is 1.43. The molecule has 0 atom stereocenters. The van der Waals surface area contributed by atoms with E-state index in [0.717, 1.165) is 0 Å². The van der Waals surface area contributed by atoms with E-state index in [2.05, 4.69) is 10.4 Å². The number of halogens is 6. The predicted octanol–water partition coefficient (Wildman–Crippen LogP) is 1.99. The van der Waals surface area contributed by atoms with Crippen molar-refractivity contribution in [3.63, 3.8) is 0 Å². The maximum Gasteiger partial charge on any atom is 0.416 e. The molecule has 0 aliphatic heterocycles. The lowest BCUT2D eigenvalue weighted by Gasteiger charge is -2.13. The van der Waals surface area contributed by atoms with Crippen molar-refractivity contribution in [1.82, 2.24) is 20.2 Å². The van der Waals surface area contributed by atoms with Gasteiger partial charge in [0.05, 0.1) is 16.8 Å². The lowest BCUT2D eigenvalue weighted by Crippen LogP contribution is -2.19. The van der Waals surface area contributed by atoms with Crippen LogP contribution in [0.1, 0.15) is 11.1 Å². The van der Waals surface area contributed by atoms with Crippen LogP contribution in [-0.4, -0.2) is 20.2 Å². The molecule has 11 heteroatoms. The minimum atomic E-state index is -5.00. The molecule has 0 spiro atoms. The molecule has 0 fully saturated rings. The average Bonchev–Trinajstić information content (AvgIpc) is 2.72. The minimum absolute atomic E-state index is 0.0470. The zero-order valence-corrected chi connectivity index (χ0v) is 9.25. The van der Waals surface area contributed by atoms with E-state index in [1.807, 2.05) is 0 Å². The first-order valence-electron chi connectivity index (χ1n) is 4.89. The van der Waals surface area contributed by atoms with E-state index in [-0.39, 0.29) is 6.07 Å². The van der Waals surface area contributed by atoms with Crippen molar-refractivity contribution >= 4 is 0 Å². The molecule has 2 aromatic rings. The van der Waals surface area contributed by atoms with Crippen molar-refractivity contribution < 1.29 is 26.3 Å². The SMILES string of the molecule is O=c1[nH]nnn1-c1cc(C(F)(F)F)cc(C(F)(F)F)c1. The number of alkyl halides is 6. The molecule has 5 nitrogen and oxygen atoms in total. The quantitative estimate of drug-likeness (QED) is 0.819. The normalized spacial score (nSPS) is 12.7. The van der Waals surface area contributed by atoms with Crippen molar-refractivity contribution in [3.8, 4) is 5.69 Å². The van der Waals surface area contributed by atoms with Gasteiger partial charge in [0.15, 0.2) is 0 Å². The van der Waals surface area contributed by atoms with Gasteiger partial charge in [0.1, 0.15) is 0 Å². The molecule has 0 amide bonds. The monoisotopic (exact) mass is 298 g/mol. The molecular formula is C9H4F6N4O. The summed E-state index contributed by atoms with van der Waals surface area (Å²) >= 11 is 0. The van der Waals surface area contributed by atoms with Crippen LogP contribution in [-0.2, 0) is 12.4 Å². The summed E-state index contributed by atoms with van der Waals surface area (Å²) in [4.78, 5) is 11.2. The van der Waals surface area contributed by atoms with E-state index >= 15 is 0 Å².